The number of hydrogen-bond acceptors (Lipinski definition) is 19. The summed E-state index contributed by atoms with van der Waals surface area (Å²) in [6, 6.07) is 0. The van der Waals surface area contributed by atoms with E-state index in [4.69, 9.17) is 37.9 Å². The standard InChI is InChI=1S/C42H66O19/c1-17-34(60-38-32(51)30(49)35(25(15-44)59-38)61-37-31(50)29(48)28(47)24(14-43)58-37)36(54-4)33(52)39(56-17)57-20-7-9-40(2)19(12-20)5-6-22-21(40)8-10-41(3)27(18-11-26(46)55-16-18)23(45)13-42(22,41)53/h11,17,19-25,27-39,43-45,47-53H,5-10,12-16H2,1-4H3/t17-,19-,20-,21+,22+,23-,24-,25-,27+,28-,29+,30-,31-,32-,33-,34-,35-,36-,37+,38+,39+,40+,41-,42+/m0/s1. The molecule has 7 fully saturated rings. The van der Waals surface area contributed by atoms with Crippen LogP contribution >= 0.6 is 0 Å². The Morgan fingerprint density at radius 3 is 2.03 bits per heavy atom. The minimum atomic E-state index is -1.81. The minimum absolute atomic E-state index is 0.00622. The second-order valence-electron chi connectivity index (χ2n) is 19.5. The third-order valence-corrected chi connectivity index (χ3v) is 16.5. The predicted octanol–water partition coefficient (Wildman–Crippen LogP) is -2.27. The van der Waals surface area contributed by atoms with Gasteiger partial charge in [0.25, 0.3) is 0 Å². The van der Waals surface area contributed by atoms with Gasteiger partial charge in [0.05, 0.1) is 37.1 Å². The Balaban J connectivity index is 0.884. The zero-order chi connectivity index (χ0) is 43.9. The van der Waals surface area contributed by atoms with E-state index in [-0.39, 0.29) is 48.2 Å². The zero-order valence-electron chi connectivity index (χ0n) is 35.1. The Morgan fingerprint density at radius 2 is 1.38 bits per heavy atom. The second-order valence-corrected chi connectivity index (χ2v) is 19.5. The summed E-state index contributed by atoms with van der Waals surface area (Å²) >= 11 is 0. The van der Waals surface area contributed by atoms with Gasteiger partial charge in [-0.15, -0.1) is 0 Å². The summed E-state index contributed by atoms with van der Waals surface area (Å²) in [4.78, 5) is 12.0. The number of carbonyl (C=O) groups is 1. The molecule has 0 aromatic carbocycles. The van der Waals surface area contributed by atoms with Crippen molar-refractivity contribution in [3.8, 4) is 0 Å². The van der Waals surface area contributed by atoms with E-state index in [9.17, 15) is 55.9 Å². The molecule has 0 bridgehead atoms. The Labute approximate surface area is 354 Å². The van der Waals surface area contributed by atoms with Crippen LogP contribution in [0, 0.1) is 34.5 Å². The maximum absolute atomic E-state index is 12.6. The highest BCUT2D eigenvalue weighted by Crippen LogP contribution is 2.70. The van der Waals surface area contributed by atoms with Gasteiger partial charge in [0.15, 0.2) is 18.9 Å². The lowest BCUT2D eigenvalue weighted by Crippen LogP contribution is -2.66. The van der Waals surface area contributed by atoms with Crippen LogP contribution in [0.5, 0.6) is 0 Å². The van der Waals surface area contributed by atoms with Crippen LogP contribution in [0.2, 0.25) is 0 Å². The molecule has 3 saturated heterocycles. The number of fused-ring (bicyclic) bond motifs is 5. The molecule has 61 heavy (non-hydrogen) atoms. The summed E-state index contributed by atoms with van der Waals surface area (Å²) in [7, 11) is 1.38. The maximum atomic E-state index is 12.6. The molecule has 0 unspecified atom stereocenters. The predicted molar refractivity (Wildman–Crippen MR) is 204 cm³/mol. The van der Waals surface area contributed by atoms with Crippen LogP contribution in [0.25, 0.3) is 0 Å². The fourth-order valence-electron chi connectivity index (χ4n) is 13.1. The molecule has 10 N–H and O–H groups in total. The van der Waals surface area contributed by atoms with E-state index in [2.05, 4.69) is 13.8 Å². The first kappa shape index (κ1) is 46.1. The van der Waals surface area contributed by atoms with Crippen LogP contribution in [0.4, 0.5) is 0 Å². The van der Waals surface area contributed by atoms with Gasteiger partial charge >= 0.3 is 5.97 Å². The van der Waals surface area contributed by atoms with E-state index in [1.165, 1.54) is 13.2 Å². The van der Waals surface area contributed by atoms with Crippen LogP contribution < -0.4 is 0 Å². The van der Waals surface area contributed by atoms with Gasteiger partial charge in [-0.3, -0.25) is 0 Å². The first-order chi connectivity index (χ1) is 28.9. The largest absolute Gasteiger partial charge is 0.458 e. The second kappa shape index (κ2) is 17.4. The number of ether oxygens (including phenoxy) is 8. The molecule has 24 atom stereocenters. The third-order valence-electron chi connectivity index (χ3n) is 16.5. The van der Waals surface area contributed by atoms with E-state index in [1.807, 2.05) is 0 Å². The molecule has 8 aliphatic rings. The number of aliphatic hydroxyl groups is 10. The smallest absolute Gasteiger partial charge is 0.331 e. The van der Waals surface area contributed by atoms with Crippen molar-refractivity contribution in [3.63, 3.8) is 0 Å². The van der Waals surface area contributed by atoms with Crippen molar-refractivity contribution in [1.82, 2.24) is 0 Å². The lowest BCUT2D eigenvalue weighted by molar-refractivity contribution is -0.380. The van der Waals surface area contributed by atoms with Gasteiger partial charge in [0, 0.05) is 30.9 Å². The SMILES string of the molecule is CO[C@H]1[C@H](O)[C@@H](O[C@H]2CC[C@]3(C)[C@@H](CC[C@@H]4[C@H]3CC[C@@]3(C)[C@H](C5=CC(=O)OC5)[C@@H](O)C[C@@]43O)C2)O[C@@H](C)[C@@H]1O[C@H]1O[C@@H](CO)[C@H](O[C@H]2O[C@@H](CO)[C@H](O)[C@@H](O)[C@@H]2O)[C@@H](O)[C@@H]1O. The highest BCUT2D eigenvalue weighted by atomic mass is 16.8. The summed E-state index contributed by atoms with van der Waals surface area (Å²) in [5.41, 5.74) is -0.986. The summed E-state index contributed by atoms with van der Waals surface area (Å²) in [6.07, 6.45) is -15.4. The molecular weight excluding hydrogens is 808 g/mol. The molecule has 0 aromatic heterocycles. The Bertz CT molecular complexity index is 1600. The first-order valence-electron chi connectivity index (χ1n) is 21.9. The number of hydrogen-bond donors (Lipinski definition) is 10. The van der Waals surface area contributed by atoms with Crippen molar-refractivity contribution in [2.24, 2.45) is 34.5 Å². The van der Waals surface area contributed by atoms with Gasteiger partial charge in [0.2, 0.25) is 0 Å². The van der Waals surface area contributed by atoms with Crippen LogP contribution in [0.15, 0.2) is 11.6 Å². The van der Waals surface area contributed by atoms with E-state index in [1.54, 1.807) is 6.92 Å². The average Bonchev–Trinajstić information content (AvgIpc) is 3.74. The fourth-order valence-corrected chi connectivity index (χ4v) is 13.1. The molecule has 19 nitrogen and oxygen atoms in total. The Morgan fingerprint density at radius 1 is 0.721 bits per heavy atom. The summed E-state index contributed by atoms with van der Waals surface area (Å²) in [6.45, 7) is 4.76. The molecule has 4 aliphatic heterocycles. The highest BCUT2D eigenvalue weighted by Gasteiger charge is 2.70. The molecule has 4 saturated carbocycles. The molecule has 0 radical (unpaired) electrons. The van der Waals surface area contributed by atoms with Crippen molar-refractivity contribution in [2.75, 3.05) is 26.9 Å². The average molecular weight is 875 g/mol. The topological polar surface area (TPSA) is 293 Å². The molecule has 4 aliphatic carbocycles. The number of aliphatic hydroxyl groups excluding tert-OH is 9. The Kier molecular flexibility index (Phi) is 13.1. The van der Waals surface area contributed by atoms with Crippen LogP contribution in [0.3, 0.4) is 0 Å². The Hall–Kier alpha value is -1.47. The minimum Gasteiger partial charge on any atom is -0.458 e. The number of rotatable bonds is 10. The van der Waals surface area contributed by atoms with Gasteiger partial charge in [-0.05, 0) is 80.6 Å². The van der Waals surface area contributed by atoms with Gasteiger partial charge < -0.3 is 89.0 Å². The normalized spacial score (nSPS) is 55.0. The maximum Gasteiger partial charge on any atom is 0.331 e. The van der Waals surface area contributed by atoms with Crippen LogP contribution in [-0.4, -0.2) is 194 Å². The van der Waals surface area contributed by atoms with Gasteiger partial charge in [-0.1, -0.05) is 13.8 Å². The van der Waals surface area contributed by atoms with Crippen molar-refractivity contribution in [3.05, 3.63) is 11.6 Å². The molecule has 19 heteroatoms. The monoisotopic (exact) mass is 874 g/mol. The van der Waals surface area contributed by atoms with E-state index in [0.717, 1.165) is 44.1 Å². The van der Waals surface area contributed by atoms with Gasteiger partial charge in [0.1, 0.15) is 73.8 Å². The summed E-state index contributed by atoms with van der Waals surface area (Å²) in [5, 5.41) is 108. The fraction of sp³-hybridized carbons (Fsp3) is 0.929. The third kappa shape index (κ3) is 7.63. The van der Waals surface area contributed by atoms with Crippen molar-refractivity contribution < 1.29 is 93.8 Å². The number of cyclic esters (lactones) is 1. The highest BCUT2D eigenvalue weighted by molar-refractivity contribution is 5.85. The molecule has 0 amide bonds. The van der Waals surface area contributed by atoms with E-state index < -0.39 is 128 Å². The van der Waals surface area contributed by atoms with E-state index in [0.29, 0.717) is 6.42 Å². The van der Waals surface area contributed by atoms with Crippen molar-refractivity contribution in [1.29, 1.82) is 0 Å². The van der Waals surface area contributed by atoms with Crippen LogP contribution in [0.1, 0.15) is 72.1 Å². The zero-order valence-corrected chi connectivity index (χ0v) is 35.1. The molecule has 0 spiro atoms. The number of methoxy groups -OCH3 is 1. The van der Waals surface area contributed by atoms with Gasteiger partial charge in [-0.2, -0.15) is 0 Å². The number of carbonyl (C=O) groups excluding carboxylic acids is 1. The number of esters is 1. The van der Waals surface area contributed by atoms with Crippen molar-refractivity contribution in [2.45, 2.75) is 182 Å². The van der Waals surface area contributed by atoms with Gasteiger partial charge in [-0.25, -0.2) is 4.79 Å². The lowest BCUT2D eigenvalue weighted by atomic mass is 9.43. The summed E-state index contributed by atoms with van der Waals surface area (Å²) in [5.74, 6) is -0.235. The quantitative estimate of drug-likeness (QED) is 0.0818. The van der Waals surface area contributed by atoms with E-state index >= 15 is 0 Å². The molecule has 348 valence electrons. The molecular formula is C42H66O19. The molecule has 4 heterocycles. The molecule has 8 rings (SSSR count). The van der Waals surface area contributed by atoms with Crippen molar-refractivity contribution >= 4 is 5.97 Å². The lowest BCUT2D eigenvalue weighted by Gasteiger charge is -2.63. The summed E-state index contributed by atoms with van der Waals surface area (Å²) < 4.78 is 46.6. The first-order valence-corrected chi connectivity index (χ1v) is 21.9. The van der Waals surface area contributed by atoms with Crippen LogP contribution in [-0.2, 0) is 42.7 Å². The molecule has 0 aromatic rings.